The zero-order chi connectivity index (χ0) is 24.4. The number of carbonyl (C=O) groups is 2. The van der Waals surface area contributed by atoms with Crippen molar-refractivity contribution in [2.75, 3.05) is 12.8 Å². The van der Waals surface area contributed by atoms with Gasteiger partial charge in [0.1, 0.15) is 16.9 Å². The average Bonchev–Trinajstić information content (AvgIpc) is 3.50. The Morgan fingerprint density at radius 2 is 1.83 bits per heavy atom. The maximum absolute atomic E-state index is 13.2. The number of amides is 1. The molecular formula is C25H20N6O3S. The topological polar surface area (TPSA) is 124 Å². The van der Waals surface area contributed by atoms with Crippen LogP contribution in [0.15, 0.2) is 71.1 Å². The lowest BCUT2D eigenvalue weighted by molar-refractivity contribution is 0.0600. The number of nitrogens with two attached hydrogens (primary N) is 1. The van der Waals surface area contributed by atoms with E-state index in [1.54, 1.807) is 41.8 Å². The number of ether oxygens (including phenoxy) is 1. The quantitative estimate of drug-likeness (QED) is 0.279. The van der Waals surface area contributed by atoms with E-state index in [4.69, 9.17) is 10.5 Å². The minimum Gasteiger partial charge on any atom is -0.465 e. The summed E-state index contributed by atoms with van der Waals surface area (Å²) in [5.74, 6) is -0.655. The minimum absolute atomic E-state index is 0.126. The largest absolute Gasteiger partial charge is 0.465 e. The number of hydrogen-bond acceptors (Lipinski definition) is 8. The number of anilines is 1. The summed E-state index contributed by atoms with van der Waals surface area (Å²) in [5, 5.41) is 9.35. The molecule has 3 heterocycles. The lowest BCUT2D eigenvalue weighted by Gasteiger charge is -2.04. The van der Waals surface area contributed by atoms with Crippen molar-refractivity contribution in [1.82, 2.24) is 20.0 Å². The van der Waals surface area contributed by atoms with Crippen molar-refractivity contribution in [3.8, 4) is 0 Å². The molecule has 1 amide bonds. The zero-order valence-electron chi connectivity index (χ0n) is 18.6. The number of esters is 1. The van der Waals surface area contributed by atoms with Crippen LogP contribution in [-0.4, -0.2) is 39.8 Å². The number of carbonyl (C=O) groups excluding carboxylic acids is 2. The molecule has 3 aromatic heterocycles. The molecule has 3 N–H and O–H groups in total. The monoisotopic (exact) mass is 484 g/mol. The van der Waals surface area contributed by atoms with Gasteiger partial charge in [-0.1, -0.05) is 30.3 Å². The van der Waals surface area contributed by atoms with E-state index in [2.05, 4.69) is 20.4 Å². The molecule has 0 spiro atoms. The van der Waals surface area contributed by atoms with Gasteiger partial charge in [-0.25, -0.2) is 14.8 Å². The van der Waals surface area contributed by atoms with Gasteiger partial charge >= 0.3 is 5.97 Å². The van der Waals surface area contributed by atoms with Gasteiger partial charge in [-0.3, -0.25) is 4.79 Å². The predicted octanol–water partition coefficient (Wildman–Crippen LogP) is 3.83. The van der Waals surface area contributed by atoms with Crippen molar-refractivity contribution in [3.05, 3.63) is 87.6 Å². The Hall–Kier alpha value is -4.57. The highest BCUT2D eigenvalue weighted by Crippen LogP contribution is 2.28. The van der Waals surface area contributed by atoms with Crippen LogP contribution in [0.4, 0.5) is 5.82 Å². The number of fused-ring (bicyclic) bond motifs is 2. The van der Waals surface area contributed by atoms with Crippen LogP contribution in [0.2, 0.25) is 0 Å². The van der Waals surface area contributed by atoms with Crippen LogP contribution in [0.25, 0.3) is 22.2 Å². The Labute approximate surface area is 203 Å². The molecule has 5 rings (SSSR count). The second-order valence-corrected chi connectivity index (χ2v) is 8.61. The lowest BCUT2D eigenvalue weighted by Crippen LogP contribution is -2.23. The molecule has 9 nitrogen and oxygen atoms in total. The van der Waals surface area contributed by atoms with Crippen molar-refractivity contribution >= 4 is 57.4 Å². The summed E-state index contributed by atoms with van der Waals surface area (Å²) in [4.78, 5) is 35.2. The van der Waals surface area contributed by atoms with Crippen LogP contribution < -0.4 is 11.1 Å². The number of methoxy groups -OCH3 is 1. The Bertz CT molecular complexity index is 1570. The fraction of sp³-hybridized carbons (Fsp3) is 0.0800. The number of nitrogens with one attached hydrogen (secondary N) is 1. The number of rotatable bonds is 6. The molecule has 0 fully saturated rings. The van der Waals surface area contributed by atoms with Crippen LogP contribution in [0.1, 0.15) is 31.2 Å². The summed E-state index contributed by atoms with van der Waals surface area (Å²) < 4.78 is 6.13. The number of hydrogen-bond donors (Lipinski definition) is 2. The van der Waals surface area contributed by atoms with Gasteiger partial charge in [-0.2, -0.15) is 9.78 Å². The van der Waals surface area contributed by atoms with E-state index in [-0.39, 0.29) is 17.3 Å². The first kappa shape index (κ1) is 22.2. The fourth-order valence-electron chi connectivity index (χ4n) is 3.60. The number of nitrogens with zero attached hydrogens (tertiary/aromatic N) is 4. The first-order valence-corrected chi connectivity index (χ1v) is 11.5. The number of nitrogen functional groups attached to an aromatic ring is 1. The highest BCUT2D eigenvalue weighted by Gasteiger charge is 2.24. The second kappa shape index (κ2) is 9.35. The van der Waals surface area contributed by atoms with Gasteiger partial charge in [0.25, 0.3) is 5.91 Å². The van der Waals surface area contributed by atoms with Crippen molar-refractivity contribution in [2.24, 2.45) is 5.10 Å². The maximum atomic E-state index is 13.2. The third kappa shape index (κ3) is 4.34. The molecule has 0 atom stereocenters. The molecule has 0 aliphatic carbocycles. The molecule has 0 unspecified atom stereocenters. The average molecular weight is 485 g/mol. The minimum atomic E-state index is -0.422. The molecule has 0 aliphatic rings. The molecule has 35 heavy (non-hydrogen) atoms. The summed E-state index contributed by atoms with van der Waals surface area (Å²) >= 11 is 1.55. The molecule has 0 radical (unpaired) electrons. The van der Waals surface area contributed by atoms with Crippen molar-refractivity contribution in [2.45, 2.75) is 6.54 Å². The van der Waals surface area contributed by atoms with Crippen LogP contribution in [0.5, 0.6) is 0 Å². The highest BCUT2D eigenvalue weighted by molar-refractivity contribution is 7.09. The van der Waals surface area contributed by atoms with E-state index in [0.717, 1.165) is 10.4 Å². The van der Waals surface area contributed by atoms with Crippen molar-refractivity contribution in [1.29, 1.82) is 0 Å². The predicted molar refractivity (Wildman–Crippen MR) is 136 cm³/mol. The Morgan fingerprint density at radius 1 is 1.09 bits per heavy atom. The van der Waals surface area contributed by atoms with E-state index in [1.807, 2.05) is 41.8 Å². The normalized spacial score (nSPS) is 11.3. The van der Waals surface area contributed by atoms with Crippen LogP contribution >= 0.6 is 11.3 Å². The molecule has 0 saturated heterocycles. The van der Waals surface area contributed by atoms with Crippen LogP contribution in [-0.2, 0) is 11.3 Å². The summed E-state index contributed by atoms with van der Waals surface area (Å²) in [6.07, 6.45) is 1.57. The highest BCUT2D eigenvalue weighted by atomic mass is 32.1. The molecule has 5 aromatic rings. The fourth-order valence-corrected chi connectivity index (χ4v) is 4.25. The van der Waals surface area contributed by atoms with Gasteiger partial charge in [-0.15, -0.1) is 11.3 Å². The van der Waals surface area contributed by atoms with E-state index in [9.17, 15) is 9.59 Å². The first-order chi connectivity index (χ1) is 17.0. The van der Waals surface area contributed by atoms with Gasteiger partial charge in [0.05, 0.1) is 36.5 Å². The van der Waals surface area contributed by atoms with Gasteiger partial charge in [0, 0.05) is 4.88 Å². The molecule has 0 aliphatic heterocycles. The number of benzene rings is 2. The lowest BCUT2D eigenvalue weighted by atomic mass is 10.1. The number of para-hydroxylation sites is 2. The smallest absolute Gasteiger partial charge is 0.337 e. The summed E-state index contributed by atoms with van der Waals surface area (Å²) in [6, 6.07) is 18.0. The molecular weight excluding hydrogens is 464 g/mol. The Balaban J connectivity index is 1.56. The SMILES string of the molecule is COC(=O)c1ccc(C=Nn2c(N)c(C(=O)NCc3cccs3)c3nc4ccccc4nc32)cc1. The van der Waals surface area contributed by atoms with E-state index in [1.165, 1.54) is 11.8 Å². The van der Waals surface area contributed by atoms with E-state index >= 15 is 0 Å². The number of aromatic nitrogens is 3. The first-order valence-electron chi connectivity index (χ1n) is 10.6. The Kier molecular flexibility index (Phi) is 5.94. The summed E-state index contributed by atoms with van der Waals surface area (Å²) in [7, 11) is 1.33. The number of thiophene rings is 1. The molecule has 0 bridgehead atoms. The third-order valence-corrected chi connectivity index (χ3v) is 6.23. The van der Waals surface area contributed by atoms with Gasteiger partial charge in [0.2, 0.25) is 0 Å². The van der Waals surface area contributed by atoms with Crippen molar-refractivity contribution in [3.63, 3.8) is 0 Å². The zero-order valence-corrected chi connectivity index (χ0v) is 19.5. The summed E-state index contributed by atoms with van der Waals surface area (Å²) in [5.41, 5.74) is 9.82. The second-order valence-electron chi connectivity index (χ2n) is 7.58. The van der Waals surface area contributed by atoms with Gasteiger partial charge < -0.3 is 15.8 Å². The third-order valence-electron chi connectivity index (χ3n) is 5.36. The summed E-state index contributed by atoms with van der Waals surface area (Å²) in [6.45, 7) is 0.374. The molecule has 0 saturated carbocycles. The molecule has 2 aromatic carbocycles. The van der Waals surface area contributed by atoms with Crippen molar-refractivity contribution < 1.29 is 14.3 Å². The Morgan fingerprint density at radius 3 is 2.51 bits per heavy atom. The maximum Gasteiger partial charge on any atom is 0.337 e. The van der Waals surface area contributed by atoms with E-state index < -0.39 is 5.97 Å². The molecule has 174 valence electrons. The van der Waals surface area contributed by atoms with E-state index in [0.29, 0.717) is 34.3 Å². The van der Waals surface area contributed by atoms with Crippen LogP contribution in [0, 0.1) is 0 Å². The van der Waals surface area contributed by atoms with Gasteiger partial charge in [0.15, 0.2) is 5.65 Å². The standard InChI is InChI=1S/C25H20N6O3S/c1-34-25(33)16-10-8-15(9-11-16)13-28-31-22(26)20(24(32)27-14-17-5-4-12-35-17)21-23(31)30-19-7-3-2-6-18(19)29-21/h2-13H,14,26H2,1H3,(H,27,32). The molecule has 10 heteroatoms. The van der Waals surface area contributed by atoms with Crippen LogP contribution in [0.3, 0.4) is 0 Å². The van der Waals surface area contributed by atoms with Gasteiger partial charge in [-0.05, 0) is 41.3 Å².